The molecule has 0 aromatic rings. The van der Waals surface area contributed by atoms with Crippen molar-refractivity contribution >= 4 is 8.07 Å². The van der Waals surface area contributed by atoms with E-state index in [9.17, 15) is 0 Å². The van der Waals surface area contributed by atoms with Crippen LogP contribution in [0.4, 0.5) is 0 Å². The molecule has 0 aliphatic rings. The SMILES string of the molecule is C/C=C/C[Si](C)(CCC)CN(C)C. The van der Waals surface area contributed by atoms with Crippen molar-refractivity contribution in [3.05, 3.63) is 12.2 Å². The molecule has 0 spiro atoms. The fraction of sp³-hybridized carbons (Fsp3) is 0.818. The topological polar surface area (TPSA) is 3.24 Å². The fourth-order valence-corrected chi connectivity index (χ4v) is 6.05. The van der Waals surface area contributed by atoms with Gasteiger partial charge in [-0.1, -0.05) is 38.1 Å². The van der Waals surface area contributed by atoms with E-state index in [2.05, 4.69) is 51.5 Å². The van der Waals surface area contributed by atoms with E-state index in [0.717, 1.165) is 0 Å². The third-order valence-electron chi connectivity index (χ3n) is 2.40. The molecule has 0 heterocycles. The maximum absolute atomic E-state index is 2.52. The fourth-order valence-electron chi connectivity index (χ4n) is 2.02. The van der Waals surface area contributed by atoms with E-state index in [1.165, 1.54) is 24.7 Å². The molecule has 0 aliphatic carbocycles. The molecule has 2 heteroatoms. The highest BCUT2D eigenvalue weighted by Gasteiger charge is 2.24. The summed E-state index contributed by atoms with van der Waals surface area (Å²) in [6.45, 7) is 6.95. The molecule has 0 aromatic carbocycles. The van der Waals surface area contributed by atoms with Crippen molar-refractivity contribution in [1.82, 2.24) is 4.90 Å². The molecule has 0 saturated carbocycles. The van der Waals surface area contributed by atoms with Crippen LogP contribution in [0.15, 0.2) is 12.2 Å². The summed E-state index contributed by atoms with van der Waals surface area (Å²) < 4.78 is 0. The molecule has 0 aliphatic heterocycles. The van der Waals surface area contributed by atoms with Gasteiger partial charge in [0.15, 0.2) is 0 Å². The van der Waals surface area contributed by atoms with Crippen LogP contribution < -0.4 is 0 Å². The molecule has 0 amide bonds. The van der Waals surface area contributed by atoms with E-state index in [1.54, 1.807) is 0 Å². The van der Waals surface area contributed by atoms with Crippen molar-refractivity contribution < 1.29 is 0 Å². The van der Waals surface area contributed by atoms with Crippen LogP contribution in [0.5, 0.6) is 0 Å². The zero-order valence-corrected chi connectivity index (χ0v) is 10.9. The quantitative estimate of drug-likeness (QED) is 0.469. The van der Waals surface area contributed by atoms with Gasteiger partial charge in [0.05, 0.1) is 8.07 Å². The number of nitrogens with zero attached hydrogens (tertiary/aromatic N) is 1. The lowest BCUT2D eigenvalue weighted by Crippen LogP contribution is -2.41. The summed E-state index contributed by atoms with van der Waals surface area (Å²) in [5, 5.41) is 0. The summed E-state index contributed by atoms with van der Waals surface area (Å²) in [6, 6.07) is 2.80. The lowest BCUT2D eigenvalue weighted by Gasteiger charge is -2.29. The lowest BCUT2D eigenvalue weighted by molar-refractivity contribution is 0.468. The van der Waals surface area contributed by atoms with Crippen molar-refractivity contribution in [3.63, 3.8) is 0 Å². The summed E-state index contributed by atoms with van der Waals surface area (Å²) in [4.78, 5) is 2.35. The molecule has 1 unspecified atom stereocenters. The van der Waals surface area contributed by atoms with Crippen LogP contribution in [0.3, 0.4) is 0 Å². The molecule has 1 nitrogen and oxygen atoms in total. The second-order valence-corrected chi connectivity index (χ2v) is 9.42. The van der Waals surface area contributed by atoms with Crippen LogP contribution in [-0.4, -0.2) is 33.2 Å². The Balaban J connectivity index is 4.14. The van der Waals surface area contributed by atoms with Gasteiger partial charge in [-0.15, -0.1) is 0 Å². The Morgan fingerprint density at radius 1 is 1.31 bits per heavy atom. The molecule has 0 radical (unpaired) electrons. The number of allylic oxidation sites excluding steroid dienone is 2. The monoisotopic (exact) mass is 199 g/mol. The Morgan fingerprint density at radius 3 is 2.31 bits per heavy atom. The number of hydrogen-bond acceptors (Lipinski definition) is 1. The first kappa shape index (κ1) is 12.9. The first-order chi connectivity index (χ1) is 6.04. The van der Waals surface area contributed by atoms with Crippen molar-refractivity contribution in [1.29, 1.82) is 0 Å². The highest BCUT2D eigenvalue weighted by Crippen LogP contribution is 2.18. The first-order valence-corrected chi connectivity index (χ1v) is 8.42. The summed E-state index contributed by atoms with van der Waals surface area (Å²) in [5.74, 6) is 0. The van der Waals surface area contributed by atoms with E-state index in [-0.39, 0.29) is 0 Å². The molecule has 0 saturated heterocycles. The molecule has 0 aromatic heterocycles. The second kappa shape index (κ2) is 6.38. The maximum atomic E-state index is 2.52. The Morgan fingerprint density at radius 2 is 1.92 bits per heavy atom. The van der Waals surface area contributed by atoms with Crippen molar-refractivity contribution in [3.8, 4) is 0 Å². The first-order valence-electron chi connectivity index (χ1n) is 5.30. The van der Waals surface area contributed by atoms with Gasteiger partial charge in [-0.2, -0.15) is 0 Å². The van der Waals surface area contributed by atoms with Crippen LogP contribution in [0.1, 0.15) is 20.3 Å². The predicted molar refractivity (Wildman–Crippen MR) is 64.9 cm³/mol. The van der Waals surface area contributed by atoms with Gasteiger partial charge in [-0.25, -0.2) is 0 Å². The molecule has 1 atom stereocenters. The van der Waals surface area contributed by atoms with E-state index in [1.807, 2.05) is 0 Å². The average Bonchev–Trinajstić information content (AvgIpc) is 2.00. The van der Waals surface area contributed by atoms with Gasteiger partial charge >= 0.3 is 0 Å². The van der Waals surface area contributed by atoms with Gasteiger partial charge in [-0.3, -0.25) is 0 Å². The Kier molecular flexibility index (Phi) is 6.34. The van der Waals surface area contributed by atoms with Crippen molar-refractivity contribution in [2.75, 3.05) is 20.3 Å². The highest BCUT2D eigenvalue weighted by molar-refractivity contribution is 6.79. The molecular formula is C11H25NSi. The molecule has 0 fully saturated rings. The van der Waals surface area contributed by atoms with E-state index in [4.69, 9.17) is 0 Å². The minimum Gasteiger partial charge on any atom is -0.312 e. The molecule has 78 valence electrons. The van der Waals surface area contributed by atoms with E-state index >= 15 is 0 Å². The number of hydrogen-bond donors (Lipinski definition) is 0. The van der Waals surface area contributed by atoms with Crippen LogP contribution in [0.2, 0.25) is 18.6 Å². The minimum absolute atomic E-state index is 0.994. The van der Waals surface area contributed by atoms with Gasteiger partial charge in [0.25, 0.3) is 0 Å². The predicted octanol–water partition coefficient (Wildman–Crippen LogP) is 3.15. The summed E-state index contributed by atoms with van der Waals surface area (Å²) in [6.07, 6.45) is 7.21. The molecule has 0 bridgehead atoms. The standard InChI is InChI=1S/C11H25NSi/c1-6-8-10-13(5,9-7-2)11-12(3)4/h6,8H,7,9-11H2,1-5H3/b8-6+. The summed E-state index contributed by atoms with van der Waals surface area (Å²) >= 11 is 0. The Hall–Kier alpha value is -0.0831. The van der Waals surface area contributed by atoms with Crippen molar-refractivity contribution in [2.45, 2.75) is 38.9 Å². The third kappa shape index (κ3) is 6.05. The Bertz CT molecular complexity index is 154. The van der Waals surface area contributed by atoms with Gasteiger partial charge < -0.3 is 4.90 Å². The van der Waals surface area contributed by atoms with Crippen LogP contribution in [0.25, 0.3) is 0 Å². The largest absolute Gasteiger partial charge is 0.312 e. The lowest BCUT2D eigenvalue weighted by atomic mass is 10.6. The molecule has 0 rings (SSSR count). The molecule has 0 N–H and O–H groups in total. The van der Waals surface area contributed by atoms with E-state index in [0.29, 0.717) is 0 Å². The van der Waals surface area contributed by atoms with Gasteiger partial charge in [0.2, 0.25) is 0 Å². The zero-order valence-electron chi connectivity index (χ0n) is 9.93. The second-order valence-electron chi connectivity index (χ2n) is 4.57. The summed E-state index contributed by atoms with van der Waals surface area (Å²) in [7, 11) is 3.39. The van der Waals surface area contributed by atoms with Crippen molar-refractivity contribution in [2.24, 2.45) is 0 Å². The Labute approximate surface area is 84.8 Å². The maximum Gasteiger partial charge on any atom is 0.0696 e. The summed E-state index contributed by atoms with van der Waals surface area (Å²) in [5.41, 5.74) is 0. The average molecular weight is 199 g/mol. The molecule has 13 heavy (non-hydrogen) atoms. The van der Waals surface area contributed by atoms with Crippen LogP contribution in [-0.2, 0) is 0 Å². The normalized spacial score (nSPS) is 16.8. The zero-order chi connectivity index (χ0) is 10.3. The van der Waals surface area contributed by atoms with Crippen LogP contribution >= 0.6 is 0 Å². The highest BCUT2D eigenvalue weighted by atomic mass is 28.3. The van der Waals surface area contributed by atoms with E-state index < -0.39 is 8.07 Å². The minimum atomic E-state index is -0.994. The molecular weight excluding hydrogens is 174 g/mol. The van der Waals surface area contributed by atoms with Gasteiger partial charge in [0, 0.05) is 0 Å². The number of rotatable bonds is 6. The van der Waals surface area contributed by atoms with Gasteiger partial charge in [-0.05, 0) is 33.2 Å². The smallest absolute Gasteiger partial charge is 0.0696 e. The van der Waals surface area contributed by atoms with Gasteiger partial charge in [0.1, 0.15) is 0 Å². The third-order valence-corrected chi connectivity index (χ3v) is 6.72. The van der Waals surface area contributed by atoms with Crippen LogP contribution in [0, 0.1) is 0 Å².